The summed E-state index contributed by atoms with van der Waals surface area (Å²) < 4.78 is 0. The number of hydrogen-bond acceptors (Lipinski definition) is 2. The van der Waals surface area contributed by atoms with Crippen molar-refractivity contribution in [2.45, 2.75) is 77.0 Å². The van der Waals surface area contributed by atoms with Gasteiger partial charge in [0.15, 0.2) is 0 Å². The van der Waals surface area contributed by atoms with E-state index in [9.17, 15) is 0 Å². The molecule has 2 aliphatic carbocycles. The molecule has 0 bridgehead atoms. The molecular formula is C80H64N2. The maximum Gasteiger partial charge on any atom is 0.0502 e. The normalized spacial score (nSPS) is 15.9. The summed E-state index contributed by atoms with van der Waals surface area (Å²) in [5, 5.41) is 4.87. The minimum absolute atomic E-state index is 0.114. The van der Waals surface area contributed by atoms with E-state index in [0.29, 0.717) is 0 Å². The topological polar surface area (TPSA) is 6.48 Å². The Labute approximate surface area is 482 Å². The molecule has 2 nitrogen and oxygen atoms in total. The molecule has 0 atom stereocenters. The molecule has 82 heavy (non-hydrogen) atoms. The van der Waals surface area contributed by atoms with Gasteiger partial charge in [-0.15, -0.1) is 0 Å². The quantitative estimate of drug-likeness (QED) is 0.159. The first-order valence-electron chi connectivity index (χ1n) is 29.3. The molecule has 2 aliphatic heterocycles. The fourth-order valence-electron chi connectivity index (χ4n) is 15.6. The van der Waals surface area contributed by atoms with Gasteiger partial charge in [-0.1, -0.05) is 231 Å². The highest BCUT2D eigenvalue weighted by molar-refractivity contribution is 6.23. The second-order valence-corrected chi connectivity index (χ2v) is 25.6. The highest BCUT2D eigenvalue weighted by Gasteiger charge is 2.40. The zero-order valence-corrected chi connectivity index (χ0v) is 48.0. The number of para-hydroxylation sites is 4. The Kier molecular flexibility index (Phi) is 10.2. The van der Waals surface area contributed by atoms with E-state index < -0.39 is 0 Å². The van der Waals surface area contributed by atoms with Crippen molar-refractivity contribution in [3.8, 4) is 55.6 Å². The van der Waals surface area contributed by atoms with Crippen molar-refractivity contribution in [2.75, 3.05) is 9.80 Å². The zero-order chi connectivity index (χ0) is 55.6. The minimum atomic E-state index is -0.186. The molecule has 0 saturated heterocycles. The predicted molar refractivity (Wildman–Crippen MR) is 347 cm³/mol. The van der Waals surface area contributed by atoms with E-state index in [1.807, 2.05) is 0 Å². The molecule has 0 N–H and O–H groups in total. The molecule has 0 saturated carbocycles. The largest absolute Gasteiger partial charge is 0.310 e. The Balaban J connectivity index is 0.999. The average molecular weight is 1050 g/mol. The van der Waals surface area contributed by atoms with Crippen molar-refractivity contribution in [1.29, 1.82) is 0 Å². The van der Waals surface area contributed by atoms with Gasteiger partial charge in [-0.05, 0) is 188 Å². The fourth-order valence-corrected chi connectivity index (χ4v) is 15.6. The lowest BCUT2D eigenvalue weighted by Crippen LogP contribution is -2.30. The van der Waals surface area contributed by atoms with Gasteiger partial charge in [0.1, 0.15) is 0 Å². The molecule has 0 spiro atoms. The second-order valence-electron chi connectivity index (χ2n) is 25.6. The lowest BCUT2D eigenvalue weighted by Gasteiger charge is -2.42. The van der Waals surface area contributed by atoms with E-state index in [4.69, 9.17) is 0 Å². The molecule has 2 heteroatoms. The Morgan fingerprint density at radius 2 is 0.537 bits per heavy atom. The van der Waals surface area contributed by atoms with Crippen molar-refractivity contribution < 1.29 is 0 Å². The van der Waals surface area contributed by atoms with Gasteiger partial charge in [-0.3, -0.25) is 0 Å². The van der Waals surface area contributed by atoms with Crippen LogP contribution in [0.5, 0.6) is 0 Å². The molecule has 0 radical (unpaired) electrons. The van der Waals surface area contributed by atoms with Gasteiger partial charge in [0.2, 0.25) is 0 Å². The van der Waals surface area contributed by atoms with Crippen molar-refractivity contribution in [3.05, 3.63) is 287 Å². The standard InChI is InChI=1S/C80H64N2/c1-77(2)63-26-11-9-24-55(63)57-40-36-50(45-69(57)77)49-22-21-23-51(44-49)75-59-42-38-54(82-73-34-19-15-30-67(73)80(7,8)68-31-16-20-35-74(68)82)48-62(59)76(52-37-41-58-56-25-10-12-27-64(56)78(3,4)70(58)46-52)60-43-39-53(47-61(60)75)81-71-32-17-13-28-65(71)79(5,6)66-29-14-18-33-72(66)81/h9-48H,1-8H3. The lowest BCUT2D eigenvalue weighted by atomic mass is 9.73. The highest BCUT2D eigenvalue weighted by Crippen LogP contribution is 2.58. The molecule has 0 fully saturated rings. The van der Waals surface area contributed by atoms with Crippen LogP contribution in [0.4, 0.5) is 34.1 Å². The number of fused-ring (bicyclic) bond motifs is 12. The Morgan fingerprint density at radius 3 is 0.976 bits per heavy atom. The summed E-state index contributed by atoms with van der Waals surface area (Å²) >= 11 is 0. The van der Waals surface area contributed by atoms with Crippen molar-refractivity contribution in [2.24, 2.45) is 0 Å². The van der Waals surface area contributed by atoms with E-state index in [-0.39, 0.29) is 21.7 Å². The lowest BCUT2D eigenvalue weighted by molar-refractivity contribution is 0.632. The van der Waals surface area contributed by atoms with Crippen LogP contribution in [0.2, 0.25) is 0 Å². The van der Waals surface area contributed by atoms with Gasteiger partial charge < -0.3 is 9.80 Å². The molecule has 12 aromatic rings. The van der Waals surface area contributed by atoms with Gasteiger partial charge in [-0.25, -0.2) is 0 Å². The molecular weight excluding hydrogens is 989 g/mol. The maximum absolute atomic E-state index is 2.53. The van der Waals surface area contributed by atoms with Crippen LogP contribution >= 0.6 is 0 Å². The van der Waals surface area contributed by atoms with Crippen LogP contribution in [0, 0.1) is 0 Å². The zero-order valence-electron chi connectivity index (χ0n) is 48.0. The van der Waals surface area contributed by atoms with E-state index >= 15 is 0 Å². The first-order chi connectivity index (χ1) is 39.7. The SMILES string of the molecule is CC1(C)c2ccccc2-c2ccc(-c3cccc(-c4c5ccc(N6c7ccccc7C(C)(C)c7ccccc76)cc5c(-c5ccc6c(c5)C(C)(C)c5ccccc5-6)c5ccc(N6c7ccccc7C(C)(C)c7ccccc76)cc45)c3)cc21. The molecule has 2 heterocycles. The van der Waals surface area contributed by atoms with Crippen LogP contribution in [0.1, 0.15) is 99.9 Å². The Bertz CT molecular complexity index is 4620. The van der Waals surface area contributed by atoms with Crippen LogP contribution in [0.25, 0.3) is 77.2 Å². The van der Waals surface area contributed by atoms with Gasteiger partial charge in [0.05, 0.1) is 22.7 Å². The summed E-state index contributed by atoms with van der Waals surface area (Å²) in [7, 11) is 0. The number of hydrogen-bond donors (Lipinski definition) is 0. The third-order valence-electron chi connectivity index (χ3n) is 19.8. The molecule has 0 aromatic heterocycles. The van der Waals surface area contributed by atoms with Crippen LogP contribution in [-0.2, 0) is 21.7 Å². The van der Waals surface area contributed by atoms with E-state index in [1.54, 1.807) is 0 Å². The molecule has 4 aliphatic rings. The first kappa shape index (κ1) is 48.6. The Hall–Kier alpha value is -9.24. The van der Waals surface area contributed by atoms with Crippen molar-refractivity contribution in [3.63, 3.8) is 0 Å². The van der Waals surface area contributed by atoms with Crippen LogP contribution < -0.4 is 9.80 Å². The predicted octanol–water partition coefficient (Wildman–Crippen LogP) is 21.8. The number of anilines is 6. The summed E-state index contributed by atoms with van der Waals surface area (Å²) in [5.41, 5.74) is 29.9. The molecule has 16 rings (SSSR count). The van der Waals surface area contributed by atoms with Gasteiger partial charge >= 0.3 is 0 Å². The van der Waals surface area contributed by atoms with Crippen LogP contribution in [0.15, 0.2) is 243 Å². The van der Waals surface area contributed by atoms with Gasteiger partial charge in [0.25, 0.3) is 0 Å². The summed E-state index contributed by atoms with van der Waals surface area (Å²) in [6.45, 7) is 19.1. The molecule has 12 aromatic carbocycles. The van der Waals surface area contributed by atoms with Gasteiger partial charge in [0, 0.05) is 33.0 Å². The summed E-state index contributed by atoms with van der Waals surface area (Å²) in [6.07, 6.45) is 0. The summed E-state index contributed by atoms with van der Waals surface area (Å²) in [6, 6.07) is 92.8. The summed E-state index contributed by atoms with van der Waals surface area (Å²) in [5.74, 6) is 0. The molecule has 394 valence electrons. The second kappa shape index (κ2) is 17.1. The third-order valence-corrected chi connectivity index (χ3v) is 19.8. The van der Waals surface area contributed by atoms with Crippen LogP contribution in [0.3, 0.4) is 0 Å². The molecule has 0 unspecified atom stereocenters. The number of rotatable bonds is 5. The monoisotopic (exact) mass is 1050 g/mol. The number of benzene rings is 12. The average Bonchev–Trinajstić information content (AvgIpc) is 1.98. The fraction of sp³-hybridized carbons (Fsp3) is 0.150. The van der Waals surface area contributed by atoms with Gasteiger partial charge in [-0.2, -0.15) is 0 Å². The first-order valence-corrected chi connectivity index (χ1v) is 29.3. The van der Waals surface area contributed by atoms with E-state index in [1.165, 1.54) is 144 Å². The summed E-state index contributed by atoms with van der Waals surface area (Å²) in [4.78, 5) is 5.05. The molecule has 0 amide bonds. The van der Waals surface area contributed by atoms with Crippen LogP contribution in [-0.4, -0.2) is 0 Å². The maximum atomic E-state index is 2.53. The van der Waals surface area contributed by atoms with E-state index in [2.05, 4.69) is 308 Å². The van der Waals surface area contributed by atoms with Crippen molar-refractivity contribution in [1.82, 2.24) is 0 Å². The van der Waals surface area contributed by atoms with Crippen molar-refractivity contribution >= 4 is 55.7 Å². The van der Waals surface area contributed by atoms with E-state index in [0.717, 1.165) is 11.4 Å². The minimum Gasteiger partial charge on any atom is -0.310 e. The smallest absolute Gasteiger partial charge is 0.0502 e. The highest BCUT2D eigenvalue weighted by atomic mass is 15.2. The number of nitrogens with zero attached hydrogens (tertiary/aromatic N) is 2. The Morgan fingerprint density at radius 1 is 0.220 bits per heavy atom. The third kappa shape index (κ3) is 6.70.